The number of para-hydroxylation sites is 1. The normalized spacial score (nSPS) is 25.1. The Kier molecular flexibility index (Phi) is 8.66. The van der Waals surface area contributed by atoms with Crippen LogP contribution in [-0.2, 0) is 23.4 Å². The fourth-order valence-corrected chi connectivity index (χ4v) is 4.35. The Bertz CT molecular complexity index is 1270. The number of H-pyrrole nitrogens is 1. The number of aliphatic hydroxyl groups is 2. The van der Waals surface area contributed by atoms with E-state index in [1.165, 1.54) is 19.1 Å². The Morgan fingerprint density at radius 2 is 2.06 bits per heavy atom. The zero-order valence-electron chi connectivity index (χ0n) is 19.0. The maximum atomic E-state index is 13.1. The summed E-state index contributed by atoms with van der Waals surface area (Å²) in [5, 5.41) is 24.5. The quantitative estimate of drug-likeness (QED) is 0.0938. The van der Waals surface area contributed by atoms with Gasteiger partial charge in [-0.25, -0.2) is 4.79 Å². The fraction of sp³-hybridized carbons (Fsp3) is 0.421. The van der Waals surface area contributed by atoms with Crippen molar-refractivity contribution in [2.24, 2.45) is 5.11 Å². The molecule has 3 rings (SSSR count). The molecule has 0 spiro atoms. The molecule has 194 valence electrons. The number of carbonyl (C=O) groups is 1. The summed E-state index contributed by atoms with van der Waals surface area (Å²) < 4.78 is 29.3. The van der Waals surface area contributed by atoms with Crippen LogP contribution in [0.5, 0.6) is 5.75 Å². The van der Waals surface area contributed by atoms with E-state index >= 15 is 0 Å². The number of aromatic amines is 1. The molecule has 6 atom stereocenters. The van der Waals surface area contributed by atoms with Gasteiger partial charge in [0.15, 0.2) is 6.23 Å². The minimum absolute atomic E-state index is 0.213. The number of aromatic nitrogens is 2. The number of methoxy groups -OCH3 is 1. The smallest absolute Gasteiger partial charge is 0.330 e. The van der Waals surface area contributed by atoms with Crippen molar-refractivity contribution in [3.8, 4) is 5.75 Å². The molecule has 1 aliphatic rings. The lowest BCUT2D eigenvalue weighted by Crippen LogP contribution is -2.45. The first-order chi connectivity index (χ1) is 17.1. The third-order valence-corrected chi connectivity index (χ3v) is 6.40. The molecular weight excluding hydrogens is 503 g/mol. The highest BCUT2D eigenvalue weighted by Crippen LogP contribution is 2.41. The number of carbonyl (C=O) groups excluding carboxylic acids is 1. The van der Waals surface area contributed by atoms with Crippen molar-refractivity contribution >= 4 is 14.1 Å². The molecular formula is C19H23N6O10P. The number of azide groups is 1. The number of hydrogen-bond donors (Lipinski definition) is 3. The van der Waals surface area contributed by atoms with Gasteiger partial charge in [0.2, 0.25) is 5.72 Å². The molecule has 0 amide bonds. The lowest BCUT2D eigenvalue weighted by molar-refractivity contribution is -0.152. The number of ether oxygens (including phenoxy) is 2. The van der Waals surface area contributed by atoms with Gasteiger partial charge in [-0.15, -0.1) is 0 Å². The number of esters is 1. The summed E-state index contributed by atoms with van der Waals surface area (Å²) in [6, 6.07) is 7.78. The molecule has 0 bridgehead atoms. The maximum Gasteiger partial charge on any atom is 0.330 e. The molecule has 0 aliphatic carbocycles. The second-order valence-corrected chi connectivity index (χ2v) is 8.74. The van der Waals surface area contributed by atoms with E-state index in [1.54, 1.807) is 18.2 Å². The van der Waals surface area contributed by atoms with Crippen LogP contribution in [0.2, 0.25) is 0 Å². The highest BCUT2D eigenvalue weighted by atomic mass is 31.1. The number of benzene rings is 1. The topological polar surface area (TPSA) is 218 Å². The zero-order valence-corrected chi connectivity index (χ0v) is 20.0. The Morgan fingerprint density at radius 1 is 1.36 bits per heavy atom. The molecule has 1 saturated heterocycles. The Morgan fingerprint density at radius 3 is 2.67 bits per heavy atom. The molecule has 0 radical (unpaired) electrons. The van der Waals surface area contributed by atoms with Crippen molar-refractivity contribution in [1.29, 1.82) is 0 Å². The molecule has 1 aromatic heterocycles. The molecule has 2 unspecified atom stereocenters. The summed E-state index contributed by atoms with van der Waals surface area (Å²) in [5.41, 5.74) is 5.02. The van der Waals surface area contributed by atoms with Gasteiger partial charge in [-0.2, -0.15) is 0 Å². The second-order valence-electron chi connectivity index (χ2n) is 7.48. The summed E-state index contributed by atoms with van der Waals surface area (Å²) in [5.74, 6) is -0.590. The second kappa shape index (κ2) is 11.5. The zero-order chi connectivity index (χ0) is 26.5. The van der Waals surface area contributed by atoms with Crippen LogP contribution in [0.3, 0.4) is 0 Å². The summed E-state index contributed by atoms with van der Waals surface area (Å²) in [6.45, 7) is 0.456. The van der Waals surface area contributed by atoms with Crippen molar-refractivity contribution in [3.63, 3.8) is 0 Å². The van der Waals surface area contributed by atoms with Gasteiger partial charge in [0.05, 0.1) is 13.7 Å². The van der Waals surface area contributed by atoms with Gasteiger partial charge < -0.3 is 29.0 Å². The summed E-state index contributed by atoms with van der Waals surface area (Å²) in [7, 11) is -2.35. The molecule has 1 aromatic carbocycles. The van der Waals surface area contributed by atoms with Gasteiger partial charge in [0.25, 0.3) is 13.7 Å². The van der Waals surface area contributed by atoms with E-state index in [0.717, 1.165) is 28.8 Å². The maximum absolute atomic E-state index is 13.1. The van der Waals surface area contributed by atoms with Gasteiger partial charge in [-0.1, -0.05) is 28.1 Å². The largest absolute Gasteiger partial charge is 0.468 e. The van der Waals surface area contributed by atoms with Gasteiger partial charge in [-0.3, -0.25) is 23.7 Å². The van der Waals surface area contributed by atoms with Gasteiger partial charge >= 0.3 is 11.7 Å². The molecule has 1 fully saturated rings. The third-order valence-electron chi connectivity index (χ3n) is 5.17. The highest BCUT2D eigenvalue weighted by Gasteiger charge is 2.56. The van der Waals surface area contributed by atoms with Crippen LogP contribution in [0.25, 0.3) is 10.4 Å². The highest BCUT2D eigenvalue weighted by molar-refractivity contribution is 7.36. The predicted molar refractivity (Wildman–Crippen MR) is 121 cm³/mol. The minimum Gasteiger partial charge on any atom is -0.468 e. The molecule has 16 nitrogen and oxygen atoms in total. The van der Waals surface area contributed by atoms with E-state index in [4.69, 9.17) is 19.6 Å². The number of nitrogens with zero attached hydrogens (tertiary/aromatic N) is 5. The van der Waals surface area contributed by atoms with Crippen LogP contribution in [0, 0.1) is 0 Å². The van der Waals surface area contributed by atoms with E-state index in [9.17, 15) is 29.2 Å². The van der Waals surface area contributed by atoms with E-state index in [2.05, 4.69) is 14.8 Å². The third kappa shape index (κ3) is 5.66. The van der Waals surface area contributed by atoms with Crippen molar-refractivity contribution in [2.45, 2.75) is 37.1 Å². The molecule has 1 aliphatic heterocycles. The lowest BCUT2D eigenvalue weighted by atomic mass is 10.1. The first-order valence-corrected chi connectivity index (χ1v) is 11.6. The van der Waals surface area contributed by atoms with E-state index < -0.39 is 62.2 Å². The van der Waals surface area contributed by atoms with Gasteiger partial charge in [-0.05, 0) is 24.6 Å². The summed E-state index contributed by atoms with van der Waals surface area (Å²) in [6.07, 6.45) is -4.37. The number of aliphatic hydroxyl groups excluding tert-OH is 2. The van der Waals surface area contributed by atoms with Crippen molar-refractivity contribution in [2.75, 3.05) is 13.7 Å². The molecule has 3 N–H and O–H groups in total. The average Bonchev–Trinajstić information content (AvgIpc) is 3.11. The van der Waals surface area contributed by atoms with Crippen LogP contribution in [-0.4, -0.2) is 68.3 Å². The van der Waals surface area contributed by atoms with Crippen molar-refractivity contribution in [3.05, 3.63) is 73.9 Å². The standard InChI is InChI=1S/C19H23N6O10P/c1-11(17(29)32-2)25(35-12-6-4-3-5-7-12)36(31)33-10-19(22-23-20)15(28)14(27)16(34-19)24-9-8-13(26)21-18(24)30/h3-9,11,14-16,27-28,36H,10H2,1-2H3,(H,21,26,30)/t11?,14-,15+,16-,19-/m1/s1. The predicted octanol–water partition coefficient (Wildman–Crippen LogP) is 0.0576. The van der Waals surface area contributed by atoms with Gasteiger partial charge in [0, 0.05) is 17.2 Å². The lowest BCUT2D eigenvalue weighted by Gasteiger charge is -2.29. The van der Waals surface area contributed by atoms with Crippen molar-refractivity contribution in [1.82, 2.24) is 14.4 Å². The van der Waals surface area contributed by atoms with Crippen LogP contribution < -0.4 is 16.1 Å². The van der Waals surface area contributed by atoms with E-state index in [0.29, 0.717) is 0 Å². The summed E-state index contributed by atoms with van der Waals surface area (Å²) in [4.78, 5) is 46.4. The molecule has 0 saturated carbocycles. The minimum atomic E-state index is -3.47. The van der Waals surface area contributed by atoms with Crippen LogP contribution in [0.1, 0.15) is 13.2 Å². The first-order valence-electron chi connectivity index (χ1n) is 10.3. The fourth-order valence-electron chi connectivity index (χ4n) is 3.29. The number of hydrogen-bond acceptors (Lipinski definition) is 11. The first kappa shape index (κ1) is 27.1. The van der Waals surface area contributed by atoms with Gasteiger partial charge in [0.1, 0.15) is 24.0 Å². The molecule has 36 heavy (non-hydrogen) atoms. The van der Waals surface area contributed by atoms with Crippen LogP contribution in [0.4, 0.5) is 0 Å². The average molecular weight is 526 g/mol. The number of nitrogens with one attached hydrogen (secondary N) is 1. The Labute approximate surface area is 203 Å². The van der Waals surface area contributed by atoms with Crippen molar-refractivity contribution < 1.29 is 38.4 Å². The Hall–Kier alpha value is -3.49. The van der Waals surface area contributed by atoms with Crippen LogP contribution >= 0.6 is 8.18 Å². The van der Waals surface area contributed by atoms with E-state index in [-0.39, 0.29) is 5.75 Å². The molecule has 2 aromatic rings. The number of rotatable bonds is 10. The SMILES string of the molecule is COC(=O)C(C)N(Oc1ccccc1)[PH](=O)OC[C@@]1(N=[N+]=[N-])O[C@@H](n2ccc(=O)[nH]c2=O)[C@H](O)[C@@H]1O. The summed E-state index contributed by atoms with van der Waals surface area (Å²) >= 11 is 0. The molecule has 2 heterocycles. The Balaban J connectivity index is 1.86. The van der Waals surface area contributed by atoms with E-state index in [1.807, 2.05) is 4.98 Å². The molecule has 17 heteroatoms. The van der Waals surface area contributed by atoms with Crippen LogP contribution in [0.15, 0.2) is 57.3 Å². The monoisotopic (exact) mass is 526 g/mol. The number of hydroxylamine groups is 1.